The lowest BCUT2D eigenvalue weighted by molar-refractivity contribution is 0.161. The Labute approximate surface area is 117 Å². The summed E-state index contributed by atoms with van der Waals surface area (Å²) in [4.78, 5) is 0. The van der Waals surface area contributed by atoms with Crippen LogP contribution in [0.5, 0.6) is 0 Å². The Bertz CT molecular complexity index is 340. The van der Waals surface area contributed by atoms with E-state index in [0.29, 0.717) is 6.04 Å². The third-order valence-corrected chi connectivity index (χ3v) is 3.82. The second kappa shape index (κ2) is 8.09. The van der Waals surface area contributed by atoms with Gasteiger partial charge in [-0.15, -0.1) is 0 Å². The van der Waals surface area contributed by atoms with Gasteiger partial charge in [-0.05, 0) is 40.0 Å². The number of hydrogen-bond acceptors (Lipinski definition) is 2. The Balaban J connectivity index is 2.49. The maximum absolute atomic E-state index is 6.05. The highest BCUT2D eigenvalue weighted by Crippen LogP contribution is 2.23. The van der Waals surface area contributed by atoms with E-state index in [-0.39, 0.29) is 0 Å². The molecule has 96 valence electrons. The molecule has 1 aromatic rings. The van der Waals surface area contributed by atoms with Gasteiger partial charge in [0.15, 0.2) is 0 Å². The maximum atomic E-state index is 6.05. The topological polar surface area (TPSA) is 21.3 Å². The highest BCUT2D eigenvalue weighted by molar-refractivity contribution is 9.10. The fraction of sp³-hybridized carbons (Fsp3) is 0.538. The minimum absolute atomic E-state index is 0.410. The van der Waals surface area contributed by atoms with E-state index in [2.05, 4.69) is 34.2 Å². The summed E-state index contributed by atoms with van der Waals surface area (Å²) < 4.78 is 6.13. The van der Waals surface area contributed by atoms with Gasteiger partial charge in [0.25, 0.3) is 0 Å². The zero-order chi connectivity index (χ0) is 12.7. The van der Waals surface area contributed by atoms with Crippen molar-refractivity contribution in [2.24, 2.45) is 0 Å². The fourth-order valence-corrected chi connectivity index (χ4v) is 2.16. The van der Waals surface area contributed by atoms with Crippen LogP contribution in [0.25, 0.3) is 0 Å². The smallest absolute Gasteiger partial charge is 0.0615 e. The van der Waals surface area contributed by atoms with Gasteiger partial charge in [-0.2, -0.15) is 0 Å². The first-order valence-electron chi connectivity index (χ1n) is 5.83. The summed E-state index contributed by atoms with van der Waals surface area (Å²) in [5, 5.41) is 4.24. The average Bonchev–Trinajstić information content (AvgIpc) is 2.31. The summed E-state index contributed by atoms with van der Waals surface area (Å²) in [6.07, 6.45) is 2.28. The summed E-state index contributed by atoms with van der Waals surface area (Å²) in [6.45, 7) is 3.75. The second-order valence-corrected chi connectivity index (χ2v) is 5.33. The monoisotopic (exact) mass is 319 g/mol. The van der Waals surface area contributed by atoms with E-state index in [1.807, 2.05) is 12.1 Å². The molecule has 4 heteroatoms. The van der Waals surface area contributed by atoms with E-state index < -0.39 is 0 Å². The Kier molecular flexibility index (Phi) is 7.12. The second-order valence-electron chi connectivity index (χ2n) is 4.07. The summed E-state index contributed by atoms with van der Waals surface area (Å²) in [6, 6.07) is 6.44. The fourth-order valence-electron chi connectivity index (χ4n) is 1.71. The SMILES string of the molecule is CCCC(COC)NCc1ccc(Br)c(Cl)c1. The molecule has 0 saturated heterocycles. The normalized spacial score (nSPS) is 12.7. The van der Waals surface area contributed by atoms with Crippen LogP contribution in [0, 0.1) is 0 Å². The van der Waals surface area contributed by atoms with Gasteiger partial charge < -0.3 is 10.1 Å². The van der Waals surface area contributed by atoms with Crippen LogP contribution in [0.15, 0.2) is 22.7 Å². The van der Waals surface area contributed by atoms with Crippen LogP contribution >= 0.6 is 27.5 Å². The molecule has 1 unspecified atom stereocenters. The molecule has 0 aliphatic rings. The van der Waals surface area contributed by atoms with Crippen molar-refractivity contribution in [2.45, 2.75) is 32.4 Å². The molecule has 0 spiro atoms. The van der Waals surface area contributed by atoms with Crippen LogP contribution in [0.1, 0.15) is 25.3 Å². The minimum atomic E-state index is 0.410. The van der Waals surface area contributed by atoms with Gasteiger partial charge >= 0.3 is 0 Å². The number of ether oxygens (including phenoxy) is 1. The first kappa shape index (κ1) is 15.0. The van der Waals surface area contributed by atoms with E-state index in [4.69, 9.17) is 16.3 Å². The van der Waals surface area contributed by atoms with Crippen molar-refractivity contribution in [3.63, 3.8) is 0 Å². The largest absolute Gasteiger partial charge is 0.383 e. The number of rotatable bonds is 7. The lowest BCUT2D eigenvalue weighted by Crippen LogP contribution is -2.32. The first-order valence-corrected chi connectivity index (χ1v) is 7.00. The Morgan fingerprint density at radius 1 is 1.47 bits per heavy atom. The molecule has 1 N–H and O–H groups in total. The van der Waals surface area contributed by atoms with E-state index in [1.165, 1.54) is 5.56 Å². The van der Waals surface area contributed by atoms with Gasteiger partial charge in [0, 0.05) is 24.2 Å². The van der Waals surface area contributed by atoms with Crippen molar-refractivity contribution in [1.82, 2.24) is 5.32 Å². The minimum Gasteiger partial charge on any atom is -0.383 e. The number of benzene rings is 1. The number of methoxy groups -OCH3 is 1. The van der Waals surface area contributed by atoms with Crippen LogP contribution in [0.4, 0.5) is 0 Å². The number of halogens is 2. The lowest BCUT2D eigenvalue weighted by Gasteiger charge is -2.17. The van der Waals surface area contributed by atoms with Gasteiger partial charge in [-0.3, -0.25) is 0 Å². The molecule has 2 nitrogen and oxygen atoms in total. The molecule has 0 aliphatic heterocycles. The molecule has 0 bridgehead atoms. The van der Waals surface area contributed by atoms with E-state index in [0.717, 1.165) is 35.5 Å². The van der Waals surface area contributed by atoms with E-state index in [1.54, 1.807) is 7.11 Å². The molecule has 0 fully saturated rings. The van der Waals surface area contributed by atoms with Gasteiger partial charge in [0.05, 0.1) is 11.6 Å². The van der Waals surface area contributed by atoms with Crippen molar-refractivity contribution in [2.75, 3.05) is 13.7 Å². The van der Waals surface area contributed by atoms with Crippen molar-refractivity contribution in [3.05, 3.63) is 33.3 Å². The van der Waals surface area contributed by atoms with Crippen molar-refractivity contribution in [3.8, 4) is 0 Å². The standard InChI is InChI=1S/C13H19BrClNO/c1-3-4-11(9-17-2)16-8-10-5-6-12(14)13(15)7-10/h5-7,11,16H,3-4,8-9H2,1-2H3. The van der Waals surface area contributed by atoms with Gasteiger partial charge in [0.1, 0.15) is 0 Å². The summed E-state index contributed by atoms with van der Waals surface area (Å²) >= 11 is 9.44. The summed E-state index contributed by atoms with van der Waals surface area (Å²) in [5.41, 5.74) is 1.19. The number of hydrogen-bond donors (Lipinski definition) is 1. The zero-order valence-corrected chi connectivity index (χ0v) is 12.6. The molecular formula is C13H19BrClNO. The van der Waals surface area contributed by atoms with Crippen LogP contribution < -0.4 is 5.32 Å². The van der Waals surface area contributed by atoms with Crippen LogP contribution in [-0.2, 0) is 11.3 Å². The summed E-state index contributed by atoms with van der Waals surface area (Å²) in [7, 11) is 1.74. The van der Waals surface area contributed by atoms with Gasteiger partial charge in [0.2, 0.25) is 0 Å². The van der Waals surface area contributed by atoms with Crippen LogP contribution in [0.2, 0.25) is 5.02 Å². The predicted octanol–water partition coefficient (Wildman–Crippen LogP) is 4.01. The summed E-state index contributed by atoms with van der Waals surface area (Å²) in [5.74, 6) is 0. The van der Waals surface area contributed by atoms with Crippen molar-refractivity contribution >= 4 is 27.5 Å². The van der Waals surface area contributed by atoms with Gasteiger partial charge in [-0.25, -0.2) is 0 Å². The van der Waals surface area contributed by atoms with Gasteiger partial charge in [-0.1, -0.05) is 31.0 Å². The molecule has 1 aromatic carbocycles. The lowest BCUT2D eigenvalue weighted by atomic mass is 10.1. The molecule has 0 radical (unpaired) electrons. The maximum Gasteiger partial charge on any atom is 0.0615 e. The zero-order valence-electron chi connectivity index (χ0n) is 10.3. The molecular weight excluding hydrogens is 302 g/mol. The Morgan fingerprint density at radius 2 is 2.24 bits per heavy atom. The number of nitrogens with one attached hydrogen (secondary N) is 1. The third kappa shape index (κ3) is 5.38. The highest BCUT2D eigenvalue weighted by atomic mass is 79.9. The van der Waals surface area contributed by atoms with Crippen molar-refractivity contribution < 1.29 is 4.74 Å². The van der Waals surface area contributed by atoms with E-state index >= 15 is 0 Å². The third-order valence-electron chi connectivity index (χ3n) is 2.58. The molecule has 1 rings (SSSR count). The quantitative estimate of drug-likeness (QED) is 0.819. The van der Waals surface area contributed by atoms with Crippen LogP contribution in [0.3, 0.4) is 0 Å². The highest BCUT2D eigenvalue weighted by Gasteiger charge is 2.07. The molecule has 0 aromatic heterocycles. The predicted molar refractivity (Wildman–Crippen MR) is 76.6 cm³/mol. The first-order chi connectivity index (χ1) is 8.17. The molecule has 17 heavy (non-hydrogen) atoms. The molecule has 0 heterocycles. The Morgan fingerprint density at radius 3 is 2.82 bits per heavy atom. The molecule has 0 aliphatic carbocycles. The average molecular weight is 321 g/mol. The molecule has 0 saturated carbocycles. The Hall–Kier alpha value is -0.0900. The van der Waals surface area contributed by atoms with Crippen molar-refractivity contribution in [1.29, 1.82) is 0 Å². The molecule has 1 atom stereocenters. The molecule has 0 amide bonds. The van der Waals surface area contributed by atoms with E-state index in [9.17, 15) is 0 Å². The van der Waals surface area contributed by atoms with Crippen LogP contribution in [-0.4, -0.2) is 19.8 Å².